The van der Waals surface area contributed by atoms with Gasteiger partial charge in [0.1, 0.15) is 0 Å². The summed E-state index contributed by atoms with van der Waals surface area (Å²) in [6.45, 7) is 0. The molecule has 0 N–H and O–H groups in total. The molecule has 0 heteroatoms. The normalized spacial score (nSPS) is 12.2. The molecule has 0 fully saturated rings. The Morgan fingerprint density at radius 1 is 0.192 bits per heavy atom. The van der Waals surface area contributed by atoms with Gasteiger partial charge >= 0.3 is 0 Å². The molecular formula is C52H30. The Bertz CT molecular complexity index is 3420. The fourth-order valence-electron chi connectivity index (χ4n) is 9.65. The van der Waals surface area contributed by atoms with Crippen molar-refractivity contribution in [2.45, 2.75) is 0 Å². The molecule has 0 saturated carbocycles. The van der Waals surface area contributed by atoms with Gasteiger partial charge in [-0.1, -0.05) is 164 Å². The summed E-state index contributed by atoms with van der Waals surface area (Å²) in [5.74, 6) is 0. The number of hydrogen-bond acceptors (Lipinski definition) is 0. The van der Waals surface area contributed by atoms with E-state index in [0.29, 0.717) is 0 Å². The number of benzene rings is 12. The van der Waals surface area contributed by atoms with E-state index in [-0.39, 0.29) is 0 Å². The Labute approximate surface area is 300 Å². The van der Waals surface area contributed by atoms with Gasteiger partial charge in [-0.05, 0) is 137 Å². The standard InChI is InChI=1S/C52H30/c1-3-14-32(15-4-1)47-44-29-35-28-34-20-13-26-41-40-25-11-18-31-19-12-27-42(46(31)40)50(49(34)41)43(35)30-45(44)48(33-16-5-2-6-17-33)52-39-24-10-8-22-37(39)36-21-7-9-23-38(36)51(47)52/h1-30H. The van der Waals surface area contributed by atoms with Crippen molar-refractivity contribution in [2.24, 2.45) is 0 Å². The van der Waals surface area contributed by atoms with Gasteiger partial charge in [-0.25, -0.2) is 0 Å². The van der Waals surface area contributed by atoms with Crippen molar-refractivity contribution in [3.05, 3.63) is 182 Å². The second-order valence-corrected chi connectivity index (χ2v) is 14.3. The van der Waals surface area contributed by atoms with Crippen LogP contribution in [-0.2, 0) is 0 Å². The lowest BCUT2D eigenvalue weighted by Gasteiger charge is -2.23. The van der Waals surface area contributed by atoms with E-state index in [0.717, 1.165) is 0 Å². The highest BCUT2D eigenvalue weighted by Gasteiger charge is 2.23. The van der Waals surface area contributed by atoms with E-state index in [1.165, 1.54) is 119 Å². The van der Waals surface area contributed by atoms with E-state index in [9.17, 15) is 0 Å². The maximum Gasteiger partial charge on any atom is -0.000763 e. The first-order chi connectivity index (χ1) is 25.8. The van der Waals surface area contributed by atoms with Gasteiger partial charge in [0.15, 0.2) is 0 Å². The van der Waals surface area contributed by atoms with Crippen molar-refractivity contribution in [3.8, 4) is 22.3 Å². The van der Waals surface area contributed by atoms with Gasteiger partial charge in [0.2, 0.25) is 0 Å². The SMILES string of the molecule is c1ccc(-c2c3cc4cc5cccc6c7cccc8cccc(c87)c(c4cc3c(-c3ccccc3)c3c4ccccc4c4ccccc4c23)c56)cc1. The third-order valence-electron chi connectivity index (χ3n) is 11.7. The van der Waals surface area contributed by atoms with Crippen LogP contribution in [0.3, 0.4) is 0 Å². The summed E-state index contributed by atoms with van der Waals surface area (Å²) in [7, 11) is 0. The van der Waals surface area contributed by atoms with Gasteiger partial charge < -0.3 is 0 Å². The molecule has 12 aromatic carbocycles. The predicted molar refractivity (Wildman–Crippen MR) is 226 cm³/mol. The molecule has 238 valence electrons. The van der Waals surface area contributed by atoms with Gasteiger partial charge in [0.05, 0.1) is 0 Å². The zero-order chi connectivity index (χ0) is 33.9. The topological polar surface area (TPSA) is 0 Å². The molecule has 0 aliphatic carbocycles. The fourth-order valence-corrected chi connectivity index (χ4v) is 9.65. The molecule has 0 amide bonds. The van der Waals surface area contributed by atoms with Crippen molar-refractivity contribution < 1.29 is 0 Å². The molecule has 0 heterocycles. The van der Waals surface area contributed by atoms with Crippen LogP contribution in [0.5, 0.6) is 0 Å². The van der Waals surface area contributed by atoms with Crippen molar-refractivity contribution in [3.63, 3.8) is 0 Å². The zero-order valence-corrected chi connectivity index (χ0v) is 28.3. The summed E-state index contributed by atoms with van der Waals surface area (Å²) >= 11 is 0. The third-order valence-corrected chi connectivity index (χ3v) is 11.7. The van der Waals surface area contributed by atoms with Crippen molar-refractivity contribution >= 4 is 97.0 Å². The molecule has 0 bridgehead atoms. The Kier molecular flexibility index (Phi) is 5.59. The van der Waals surface area contributed by atoms with Crippen LogP contribution in [-0.4, -0.2) is 0 Å². The van der Waals surface area contributed by atoms with E-state index in [1.54, 1.807) is 0 Å². The highest BCUT2D eigenvalue weighted by molar-refractivity contribution is 6.41. The van der Waals surface area contributed by atoms with E-state index in [2.05, 4.69) is 182 Å². The summed E-state index contributed by atoms with van der Waals surface area (Å²) < 4.78 is 0. The second-order valence-electron chi connectivity index (χ2n) is 14.3. The summed E-state index contributed by atoms with van der Waals surface area (Å²) in [5.41, 5.74) is 5.06. The first kappa shape index (κ1) is 28.0. The van der Waals surface area contributed by atoms with Gasteiger partial charge in [0, 0.05) is 0 Å². The van der Waals surface area contributed by atoms with Crippen LogP contribution < -0.4 is 0 Å². The van der Waals surface area contributed by atoms with E-state index < -0.39 is 0 Å². The maximum atomic E-state index is 2.54. The van der Waals surface area contributed by atoms with Gasteiger partial charge in [0.25, 0.3) is 0 Å². The lowest BCUT2D eigenvalue weighted by molar-refractivity contribution is 1.67. The molecule has 0 radical (unpaired) electrons. The highest BCUT2D eigenvalue weighted by Crippen LogP contribution is 2.52. The van der Waals surface area contributed by atoms with Crippen LogP contribution in [0, 0.1) is 0 Å². The van der Waals surface area contributed by atoms with Gasteiger partial charge in [-0.15, -0.1) is 0 Å². The Hall–Kier alpha value is -6.76. The van der Waals surface area contributed by atoms with Crippen LogP contribution >= 0.6 is 0 Å². The molecule has 0 atom stereocenters. The van der Waals surface area contributed by atoms with Gasteiger partial charge in [-0.3, -0.25) is 0 Å². The molecule has 0 unspecified atom stereocenters. The summed E-state index contributed by atoms with van der Waals surface area (Å²) in [5, 5.41) is 23.5. The average Bonchev–Trinajstić information content (AvgIpc) is 3.21. The van der Waals surface area contributed by atoms with Gasteiger partial charge in [-0.2, -0.15) is 0 Å². The molecule has 0 saturated heterocycles. The minimum Gasteiger partial charge on any atom is -0.0622 e. The van der Waals surface area contributed by atoms with E-state index in [4.69, 9.17) is 0 Å². The summed E-state index contributed by atoms with van der Waals surface area (Å²) in [4.78, 5) is 0. The van der Waals surface area contributed by atoms with Crippen LogP contribution in [0.4, 0.5) is 0 Å². The average molecular weight is 655 g/mol. The molecule has 0 aliphatic heterocycles. The Balaban J connectivity index is 1.43. The van der Waals surface area contributed by atoms with E-state index >= 15 is 0 Å². The first-order valence-electron chi connectivity index (χ1n) is 18.2. The van der Waals surface area contributed by atoms with Crippen LogP contribution in [0.1, 0.15) is 0 Å². The molecule has 12 rings (SSSR count). The lowest BCUT2D eigenvalue weighted by atomic mass is 9.80. The zero-order valence-electron chi connectivity index (χ0n) is 28.3. The highest BCUT2D eigenvalue weighted by atomic mass is 14.3. The van der Waals surface area contributed by atoms with Crippen molar-refractivity contribution in [1.82, 2.24) is 0 Å². The minimum atomic E-state index is 1.24. The number of fused-ring (bicyclic) bond motifs is 11. The molecular weight excluding hydrogens is 625 g/mol. The minimum absolute atomic E-state index is 1.24. The predicted octanol–water partition coefficient (Wildman–Crippen LogP) is 14.8. The molecule has 0 spiro atoms. The van der Waals surface area contributed by atoms with Crippen molar-refractivity contribution in [1.29, 1.82) is 0 Å². The molecule has 52 heavy (non-hydrogen) atoms. The molecule has 0 aromatic heterocycles. The molecule has 0 nitrogen and oxygen atoms in total. The van der Waals surface area contributed by atoms with Crippen LogP contribution in [0.25, 0.3) is 119 Å². The summed E-state index contributed by atoms with van der Waals surface area (Å²) in [6, 6.07) is 68.1. The molecule has 12 aromatic rings. The quantitative estimate of drug-likeness (QED) is 0.129. The summed E-state index contributed by atoms with van der Waals surface area (Å²) in [6.07, 6.45) is 0. The number of hydrogen-bond donors (Lipinski definition) is 0. The Morgan fingerprint density at radius 3 is 1.23 bits per heavy atom. The lowest BCUT2D eigenvalue weighted by Crippen LogP contribution is -1.95. The molecule has 0 aliphatic rings. The fraction of sp³-hybridized carbons (Fsp3) is 0. The van der Waals surface area contributed by atoms with Crippen molar-refractivity contribution in [2.75, 3.05) is 0 Å². The van der Waals surface area contributed by atoms with Crippen LogP contribution in [0.15, 0.2) is 182 Å². The third kappa shape index (κ3) is 3.66. The first-order valence-corrected chi connectivity index (χ1v) is 18.2. The monoisotopic (exact) mass is 654 g/mol. The largest absolute Gasteiger partial charge is 0.0622 e. The van der Waals surface area contributed by atoms with Crippen LogP contribution in [0.2, 0.25) is 0 Å². The van der Waals surface area contributed by atoms with E-state index in [1.807, 2.05) is 0 Å². The maximum absolute atomic E-state index is 2.54. The Morgan fingerprint density at radius 2 is 0.635 bits per heavy atom. The number of rotatable bonds is 2. The second kappa shape index (κ2) is 10.4. The smallest absolute Gasteiger partial charge is 0.000763 e.